The van der Waals surface area contributed by atoms with Crippen LogP contribution >= 0.6 is 22.9 Å². The summed E-state index contributed by atoms with van der Waals surface area (Å²) in [7, 11) is 1.08. The maximum absolute atomic E-state index is 14.1. The maximum Gasteiger partial charge on any atom is 0.420 e. The van der Waals surface area contributed by atoms with Crippen molar-refractivity contribution in [2.24, 2.45) is 7.05 Å². The zero-order valence-electron chi connectivity index (χ0n) is 20.4. The van der Waals surface area contributed by atoms with Crippen LogP contribution < -0.4 is 0 Å². The highest BCUT2D eigenvalue weighted by molar-refractivity contribution is 7.19. The summed E-state index contributed by atoms with van der Waals surface area (Å²) >= 11 is 7.20. The molecule has 1 aliphatic rings. The Morgan fingerprint density at radius 2 is 1.89 bits per heavy atom. The first-order valence-electron chi connectivity index (χ1n) is 11.2. The largest absolute Gasteiger partial charge is 0.420 e. The first-order valence-corrected chi connectivity index (χ1v) is 12.4. The molecular weight excluding hydrogens is 560 g/mol. The van der Waals surface area contributed by atoms with Crippen molar-refractivity contribution in [1.29, 1.82) is 5.26 Å². The molecule has 0 saturated heterocycles. The van der Waals surface area contributed by atoms with Gasteiger partial charge in [-0.2, -0.15) is 36.7 Å². The Bertz CT molecular complexity index is 1440. The van der Waals surface area contributed by atoms with Gasteiger partial charge in [-0.15, -0.1) is 11.3 Å². The number of halogens is 7. The zero-order chi connectivity index (χ0) is 28.4. The Kier molecular flexibility index (Phi) is 6.63. The van der Waals surface area contributed by atoms with Gasteiger partial charge < -0.3 is 9.42 Å². The highest BCUT2D eigenvalue weighted by atomic mass is 35.5. The van der Waals surface area contributed by atoms with Crippen molar-refractivity contribution >= 4 is 28.8 Å². The molecule has 1 amide bonds. The Morgan fingerprint density at radius 3 is 2.39 bits per heavy atom. The molecule has 0 spiro atoms. The molecular formula is C23H20ClF6N5O2S. The van der Waals surface area contributed by atoms with Crippen molar-refractivity contribution in [2.45, 2.75) is 56.9 Å². The summed E-state index contributed by atoms with van der Waals surface area (Å²) in [5, 5.41) is 16.7. The molecule has 7 nitrogen and oxygen atoms in total. The minimum absolute atomic E-state index is 0.0543. The summed E-state index contributed by atoms with van der Waals surface area (Å²) in [5.41, 5.74) is -7.61. The summed E-state index contributed by atoms with van der Waals surface area (Å²) in [6.45, 7) is 3.22. The highest BCUT2D eigenvalue weighted by Crippen LogP contribution is 2.49. The number of thiophene rings is 1. The Labute approximate surface area is 221 Å². The molecule has 1 saturated carbocycles. The molecule has 4 rings (SSSR count). The van der Waals surface area contributed by atoms with Crippen LogP contribution in [0.3, 0.4) is 0 Å². The number of hydrogen-bond donors (Lipinski definition) is 0. The number of aromatic nitrogens is 3. The molecule has 15 heteroatoms. The second-order valence-corrected chi connectivity index (χ2v) is 11.0. The molecule has 0 aliphatic heterocycles. The SMILES string of the molecule is CCN(C(=O)c1cc(-c2cc(-c3c(C(F)(F)F)c(C(C)(C)C(F)(F)F)nn3C)no2)sc1Cl)C1(C#N)CC1. The van der Waals surface area contributed by atoms with Gasteiger partial charge in [0.05, 0.1) is 22.2 Å². The molecule has 0 aromatic carbocycles. The van der Waals surface area contributed by atoms with Crippen molar-refractivity contribution in [1.82, 2.24) is 19.8 Å². The van der Waals surface area contributed by atoms with Crippen LogP contribution in [0.2, 0.25) is 4.34 Å². The molecule has 0 atom stereocenters. The molecule has 3 aromatic heterocycles. The van der Waals surface area contributed by atoms with Gasteiger partial charge in [0.15, 0.2) is 5.76 Å². The van der Waals surface area contributed by atoms with Gasteiger partial charge in [0.25, 0.3) is 5.91 Å². The lowest BCUT2D eigenvalue weighted by molar-refractivity contribution is -0.184. The molecule has 1 aliphatic carbocycles. The summed E-state index contributed by atoms with van der Waals surface area (Å²) in [6, 6.07) is 4.63. The van der Waals surface area contributed by atoms with Crippen LogP contribution in [0.15, 0.2) is 16.7 Å². The van der Waals surface area contributed by atoms with Crippen molar-refractivity contribution in [3.05, 3.63) is 33.3 Å². The number of nitriles is 1. The van der Waals surface area contributed by atoms with E-state index in [-0.39, 0.29) is 27.1 Å². The lowest BCUT2D eigenvalue weighted by atomic mass is 9.85. The lowest BCUT2D eigenvalue weighted by Crippen LogP contribution is -2.41. The summed E-state index contributed by atoms with van der Waals surface area (Å²) in [4.78, 5) is 14.8. The molecule has 38 heavy (non-hydrogen) atoms. The second kappa shape index (κ2) is 9.01. The molecule has 204 valence electrons. The maximum atomic E-state index is 14.1. The van der Waals surface area contributed by atoms with E-state index in [0.29, 0.717) is 31.4 Å². The van der Waals surface area contributed by atoms with Gasteiger partial charge >= 0.3 is 12.4 Å². The van der Waals surface area contributed by atoms with Crippen molar-refractivity contribution in [3.63, 3.8) is 0 Å². The summed E-state index contributed by atoms with van der Waals surface area (Å²) in [5.74, 6) is -0.537. The van der Waals surface area contributed by atoms with Gasteiger partial charge in [-0.05, 0) is 39.7 Å². The predicted octanol–water partition coefficient (Wildman–Crippen LogP) is 6.83. The minimum Gasteiger partial charge on any atom is -0.355 e. The topological polar surface area (TPSA) is 87.9 Å². The first kappa shape index (κ1) is 28.0. The Hall–Kier alpha value is -3.05. The van der Waals surface area contributed by atoms with Crippen LogP contribution in [0, 0.1) is 11.3 Å². The quantitative estimate of drug-likeness (QED) is 0.299. The smallest absolute Gasteiger partial charge is 0.355 e. The monoisotopic (exact) mass is 579 g/mol. The van der Waals surface area contributed by atoms with Gasteiger partial charge in [-0.25, -0.2) is 0 Å². The van der Waals surface area contributed by atoms with Crippen molar-refractivity contribution in [2.75, 3.05) is 6.54 Å². The van der Waals surface area contributed by atoms with E-state index in [1.54, 1.807) is 6.92 Å². The third kappa shape index (κ3) is 4.45. The van der Waals surface area contributed by atoms with E-state index in [9.17, 15) is 36.4 Å². The van der Waals surface area contributed by atoms with Gasteiger partial charge in [0.1, 0.15) is 32.2 Å². The van der Waals surface area contributed by atoms with E-state index >= 15 is 0 Å². The van der Waals surface area contributed by atoms with Crippen molar-refractivity contribution in [3.8, 4) is 28.1 Å². The number of nitrogens with zero attached hydrogens (tertiary/aromatic N) is 5. The normalized spacial score (nSPS) is 15.4. The van der Waals surface area contributed by atoms with Crippen LogP contribution in [-0.4, -0.2) is 44.0 Å². The second-order valence-electron chi connectivity index (χ2n) is 9.38. The van der Waals surface area contributed by atoms with Gasteiger partial charge in [0, 0.05) is 19.7 Å². The van der Waals surface area contributed by atoms with E-state index in [1.807, 2.05) is 0 Å². The number of rotatable bonds is 6. The highest BCUT2D eigenvalue weighted by Gasteiger charge is 2.55. The standard InChI is InChI=1S/C23H20ClF6N5O2S/c1-5-35(21(10-31)6-7-21)19(36)11-8-14(38-18(11)24)13-9-12(33-37-13)16-15(22(25,26)27)17(32-34(16)4)20(2,3)23(28,29)30/h8-9H,5-7H2,1-4H3. The van der Waals surface area contributed by atoms with Crippen LogP contribution in [0.5, 0.6) is 0 Å². The van der Waals surface area contributed by atoms with E-state index < -0.39 is 51.9 Å². The summed E-state index contributed by atoms with van der Waals surface area (Å²) in [6.07, 6.45) is -9.14. The molecule has 1 fully saturated rings. The van der Waals surface area contributed by atoms with Crippen molar-refractivity contribution < 1.29 is 35.7 Å². The third-order valence-electron chi connectivity index (χ3n) is 6.55. The van der Waals surface area contributed by atoms with E-state index in [0.717, 1.165) is 24.5 Å². The van der Waals surface area contributed by atoms with Gasteiger partial charge in [-0.3, -0.25) is 9.48 Å². The molecule has 0 radical (unpaired) electrons. The zero-order valence-corrected chi connectivity index (χ0v) is 22.0. The van der Waals surface area contributed by atoms with Crippen LogP contribution in [0.1, 0.15) is 55.2 Å². The number of amides is 1. The Balaban J connectivity index is 1.76. The minimum atomic E-state index is -5.19. The Morgan fingerprint density at radius 1 is 1.26 bits per heavy atom. The molecule has 0 N–H and O–H groups in total. The van der Waals surface area contributed by atoms with Crippen LogP contribution in [0.4, 0.5) is 26.3 Å². The number of alkyl halides is 6. The fourth-order valence-corrected chi connectivity index (χ4v) is 5.35. The van der Waals surface area contributed by atoms with Gasteiger partial charge in [-0.1, -0.05) is 16.8 Å². The van der Waals surface area contributed by atoms with E-state index in [1.165, 1.54) is 11.0 Å². The van der Waals surface area contributed by atoms with E-state index in [4.69, 9.17) is 16.1 Å². The molecule has 3 aromatic rings. The average molecular weight is 580 g/mol. The van der Waals surface area contributed by atoms with E-state index in [2.05, 4.69) is 16.3 Å². The average Bonchev–Trinajstić information content (AvgIpc) is 3.12. The van der Waals surface area contributed by atoms with Gasteiger partial charge in [0.2, 0.25) is 0 Å². The molecule has 3 heterocycles. The fraction of sp³-hybridized carbons (Fsp3) is 0.478. The lowest BCUT2D eigenvalue weighted by Gasteiger charge is -2.27. The number of carbonyl (C=O) groups is 1. The van der Waals surface area contributed by atoms with Crippen LogP contribution in [-0.2, 0) is 18.6 Å². The molecule has 0 unspecified atom stereocenters. The van der Waals surface area contributed by atoms with Crippen LogP contribution in [0.25, 0.3) is 22.0 Å². The number of aryl methyl sites for hydroxylation is 1. The predicted molar refractivity (Wildman–Crippen MR) is 125 cm³/mol. The number of carbonyl (C=O) groups excluding carboxylic acids is 1. The molecule has 0 bridgehead atoms. The first-order chi connectivity index (χ1) is 17.5. The number of hydrogen-bond acceptors (Lipinski definition) is 6. The third-order valence-corrected chi connectivity index (χ3v) is 7.93. The summed E-state index contributed by atoms with van der Waals surface area (Å²) < 4.78 is 89.1. The fourth-order valence-electron chi connectivity index (χ4n) is 4.14.